The van der Waals surface area contributed by atoms with E-state index in [1.807, 2.05) is 11.0 Å². The van der Waals surface area contributed by atoms with Crippen molar-refractivity contribution in [3.05, 3.63) is 35.9 Å². The van der Waals surface area contributed by atoms with Crippen molar-refractivity contribution in [1.29, 1.82) is 0 Å². The van der Waals surface area contributed by atoms with E-state index in [0.29, 0.717) is 6.42 Å². The third-order valence-electron chi connectivity index (χ3n) is 4.29. The molecule has 2 aliphatic rings. The predicted molar refractivity (Wildman–Crippen MR) is 69.1 cm³/mol. The van der Waals surface area contributed by atoms with Gasteiger partial charge in [0.2, 0.25) is 5.91 Å². The third-order valence-corrected chi connectivity index (χ3v) is 4.29. The molecule has 3 heteroatoms. The molecule has 1 aliphatic heterocycles. The summed E-state index contributed by atoms with van der Waals surface area (Å²) in [5, 5.41) is 9.15. The number of benzene rings is 1. The highest BCUT2D eigenvalue weighted by Crippen LogP contribution is 2.49. The van der Waals surface area contributed by atoms with Crippen LogP contribution < -0.4 is 0 Å². The fraction of sp³-hybridized carbons (Fsp3) is 0.533. The number of hydrogen-bond donors (Lipinski definition) is 1. The molecule has 1 amide bonds. The average molecular weight is 245 g/mol. The van der Waals surface area contributed by atoms with Gasteiger partial charge >= 0.3 is 0 Å². The van der Waals surface area contributed by atoms with E-state index in [-0.39, 0.29) is 23.8 Å². The molecule has 0 aromatic heterocycles. The van der Waals surface area contributed by atoms with Crippen LogP contribution >= 0.6 is 0 Å². The van der Waals surface area contributed by atoms with Gasteiger partial charge in [-0.05, 0) is 18.4 Å². The van der Waals surface area contributed by atoms with Crippen LogP contribution in [0, 0.1) is 5.92 Å². The van der Waals surface area contributed by atoms with E-state index in [1.54, 1.807) is 0 Å². The molecule has 1 aliphatic carbocycles. The van der Waals surface area contributed by atoms with Gasteiger partial charge in [-0.15, -0.1) is 0 Å². The first-order valence-electron chi connectivity index (χ1n) is 6.68. The highest BCUT2D eigenvalue weighted by molar-refractivity contribution is 5.78. The maximum Gasteiger partial charge on any atom is 0.223 e. The Bertz CT molecular complexity index is 439. The maximum atomic E-state index is 11.9. The van der Waals surface area contributed by atoms with Gasteiger partial charge in [0.15, 0.2) is 0 Å². The second-order valence-corrected chi connectivity index (χ2v) is 5.67. The molecular weight excluding hydrogens is 226 g/mol. The first-order valence-corrected chi connectivity index (χ1v) is 6.68. The number of carbonyl (C=O) groups is 1. The van der Waals surface area contributed by atoms with Gasteiger partial charge in [0.05, 0.1) is 0 Å². The van der Waals surface area contributed by atoms with Crippen molar-refractivity contribution < 1.29 is 9.90 Å². The molecular formula is C15H19NO2. The molecule has 1 atom stereocenters. The van der Waals surface area contributed by atoms with Crippen molar-refractivity contribution in [2.24, 2.45) is 5.92 Å². The number of likely N-dealkylation sites (tertiary alicyclic amines) is 1. The van der Waals surface area contributed by atoms with Crippen molar-refractivity contribution in [2.75, 3.05) is 19.7 Å². The van der Waals surface area contributed by atoms with Crippen molar-refractivity contribution in [2.45, 2.75) is 24.7 Å². The van der Waals surface area contributed by atoms with Crippen LogP contribution in [0.2, 0.25) is 0 Å². The minimum absolute atomic E-state index is 0.126. The number of hydrogen-bond acceptors (Lipinski definition) is 2. The average Bonchev–Trinajstić information content (AvgIpc) is 3.10. The molecule has 1 N–H and O–H groups in total. The lowest BCUT2D eigenvalue weighted by Crippen LogP contribution is -2.34. The molecule has 96 valence electrons. The van der Waals surface area contributed by atoms with Crippen molar-refractivity contribution in [3.63, 3.8) is 0 Å². The largest absolute Gasteiger partial charge is 0.396 e. The van der Waals surface area contributed by atoms with Gasteiger partial charge in [0, 0.05) is 37.5 Å². The normalized spacial score (nSPS) is 25.5. The zero-order valence-electron chi connectivity index (χ0n) is 10.5. The van der Waals surface area contributed by atoms with Crippen molar-refractivity contribution in [1.82, 2.24) is 4.90 Å². The molecule has 0 bridgehead atoms. The summed E-state index contributed by atoms with van der Waals surface area (Å²) < 4.78 is 0. The highest BCUT2D eigenvalue weighted by Gasteiger charge is 2.47. The first-order chi connectivity index (χ1) is 8.73. The lowest BCUT2D eigenvalue weighted by atomic mass is 9.95. The minimum Gasteiger partial charge on any atom is -0.396 e. The summed E-state index contributed by atoms with van der Waals surface area (Å²) in [7, 11) is 0. The monoisotopic (exact) mass is 245 g/mol. The molecule has 1 aromatic carbocycles. The zero-order chi connectivity index (χ0) is 12.6. The summed E-state index contributed by atoms with van der Waals surface area (Å²) in [6.07, 6.45) is 2.86. The Morgan fingerprint density at radius 3 is 2.56 bits per heavy atom. The molecule has 18 heavy (non-hydrogen) atoms. The molecule has 1 saturated heterocycles. The van der Waals surface area contributed by atoms with E-state index in [4.69, 9.17) is 5.11 Å². The summed E-state index contributed by atoms with van der Waals surface area (Å²) >= 11 is 0. The number of rotatable bonds is 4. The van der Waals surface area contributed by atoms with Gasteiger partial charge in [-0.1, -0.05) is 30.3 Å². The van der Waals surface area contributed by atoms with E-state index < -0.39 is 0 Å². The quantitative estimate of drug-likeness (QED) is 0.874. The fourth-order valence-corrected chi connectivity index (χ4v) is 2.98. The van der Waals surface area contributed by atoms with E-state index in [0.717, 1.165) is 13.1 Å². The number of carbonyl (C=O) groups excluding carboxylic acids is 1. The molecule has 0 spiro atoms. The van der Waals surface area contributed by atoms with Crippen molar-refractivity contribution >= 4 is 5.91 Å². The standard InChI is InChI=1S/C15H19NO2/c17-10-12-8-14(18)16(9-12)11-15(6-7-15)13-4-2-1-3-5-13/h1-5,12,17H,6-11H2. The van der Waals surface area contributed by atoms with Crippen LogP contribution in [0.3, 0.4) is 0 Å². The van der Waals surface area contributed by atoms with Gasteiger partial charge in [-0.3, -0.25) is 4.79 Å². The molecule has 1 aromatic rings. The van der Waals surface area contributed by atoms with Crippen LogP contribution in [-0.4, -0.2) is 35.6 Å². The summed E-state index contributed by atoms with van der Waals surface area (Å²) in [6, 6.07) is 10.5. The lowest BCUT2D eigenvalue weighted by Gasteiger charge is -2.24. The summed E-state index contributed by atoms with van der Waals surface area (Å²) in [6.45, 7) is 1.68. The van der Waals surface area contributed by atoms with Gasteiger partial charge < -0.3 is 10.0 Å². The van der Waals surface area contributed by atoms with Gasteiger partial charge in [-0.2, -0.15) is 0 Å². The van der Waals surface area contributed by atoms with Crippen LogP contribution in [0.1, 0.15) is 24.8 Å². The Kier molecular flexibility index (Phi) is 2.86. The summed E-state index contributed by atoms with van der Waals surface area (Å²) in [5.41, 5.74) is 1.55. The predicted octanol–water partition coefficient (Wildman–Crippen LogP) is 1.56. The maximum absolute atomic E-state index is 11.9. The second-order valence-electron chi connectivity index (χ2n) is 5.67. The molecule has 2 fully saturated rings. The van der Waals surface area contributed by atoms with Gasteiger partial charge in [0.1, 0.15) is 0 Å². The molecule has 3 rings (SSSR count). The topological polar surface area (TPSA) is 40.5 Å². The number of aliphatic hydroxyl groups is 1. The Labute approximate surface area is 107 Å². The number of nitrogens with zero attached hydrogens (tertiary/aromatic N) is 1. The SMILES string of the molecule is O=C1CC(CO)CN1CC1(c2ccccc2)CC1. The number of amides is 1. The zero-order valence-corrected chi connectivity index (χ0v) is 10.5. The van der Waals surface area contributed by atoms with E-state index in [9.17, 15) is 4.79 Å². The van der Waals surface area contributed by atoms with Gasteiger partial charge in [0.25, 0.3) is 0 Å². The van der Waals surface area contributed by atoms with E-state index >= 15 is 0 Å². The van der Waals surface area contributed by atoms with Crippen LogP contribution in [0.25, 0.3) is 0 Å². The number of aliphatic hydroxyl groups excluding tert-OH is 1. The van der Waals surface area contributed by atoms with E-state index in [2.05, 4.69) is 24.3 Å². The summed E-state index contributed by atoms with van der Waals surface area (Å²) in [5.74, 6) is 0.348. The first kappa shape index (κ1) is 11.7. The Balaban J connectivity index is 1.72. The van der Waals surface area contributed by atoms with Crippen LogP contribution in [0.5, 0.6) is 0 Å². The Morgan fingerprint density at radius 2 is 2.00 bits per heavy atom. The highest BCUT2D eigenvalue weighted by atomic mass is 16.3. The molecule has 1 saturated carbocycles. The van der Waals surface area contributed by atoms with Crippen LogP contribution in [0.4, 0.5) is 0 Å². The van der Waals surface area contributed by atoms with Crippen molar-refractivity contribution in [3.8, 4) is 0 Å². The summed E-state index contributed by atoms with van der Waals surface area (Å²) in [4.78, 5) is 13.8. The lowest BCUT2D eigenvalue weighted by molar-refractivity contribution is -0.128. The smallest absolute Gasteiger partial charge is 0.223 e. The fourth-order valence-electron chi connectivity index (χ4n) is 2.98. The van der Waals surface area contributed by atoms with Gasteiger partial charge in [-0.25, -0.2) is 0 Å². The second kappa shape index (κ2) is 4.39. The minimum atomic E-state index is 0.126. The molecule has 1 unspecified atom stereocenters. The Hall–Kier alpha value is -1.35. The van der Waals surface area contributed by atoms with Crippen LogP contribution in [0.15, 0.2) is 30.3 Å². The molecule has 1 heterocycles. The molecule has 3 nitrogen and oxygen atoms in total. The molecule has 0 radical (unpaired) electrons. The van der Waals surface area contributed by atoms with Crippen LogP contribution in [-0.2, 0) is 10.2 Å². The Morgan fingerprint density at radius 1 is 1.28 bits per heavy atom. The third kappa shape index (κ3) is 2.03. The van der Waals surface area contributed by atoms with E-state index in [1.165, 1.54) is 18.4 Å².